The molecule has 168 valence electrons. The molecule has 0 fully saturated rings. The molecule has 0 aliphatic carbocycles. The highest BCUT2D eigenvalue weighted by molar-refractivity contribution is 7.80. The molecule has 3 aromatic carbocycles. The number of hydrogen-bond donors (Lipinski definition) is 4. The van der Waals surface area contributed by atoms with Crippen molar-refractivity contribution >= 4 is 51.9 Å². The fourth-order valence-corrected chi connectivity index (χ4v) is 3.20. The zero-order valence-corrected chi connectivity index (χ0v) is 18.7. The van der Waals surface area contributed by atoms with E-state index in [1.54, 1.807) is 6.08 Å². The molecule has 33 heavy (non-hydrogen) atoms. The van der Waals surface area contributed by atoms with Crippen LogP contribution in [0.25, 0.3) is 16.8 Å². The van der Waals surface area contributed by atoms with Gasteiger partial charge in [0, 0.05) is 25.5 Å². The van der Waals surface area contributed by atoms with Crippen molar-refractivity contribution < 1.29 is 14.4 Å². The number of rotatable bonds is 7. The van der Waals surface area contributed by atoms with Gasteiger partial charge in [-0.1, -0.05) is 72.8 Å². The Labute approximate surface area is 197 Å². The van der Waals surface area contributed by atoms with E-state index in [0.717, 1.165) is 21.9 Å². The van der Waals surface area contributed by atoms with Crippen molar-refractivity contribution in [2.45, 2.75) is 19.4 Å². The van der Waals surface area contributed by atoms with Crippen LogP contribution in [0.1, 0.15) is 24.0 Å². The first-order valence-corrected chi connectivity index (χ1v) is 10.8. The SMILES string of the molecule is O=C(/C=C/c1cccc2ccccc12)NC(=S)NNC(=O)CCC(=O)NCc1ccccc1. The second kappa shape index (κ2) is 12.1. The molecular weight excluding hydrogens is 436 g/mol. The summed E-state index contributed by atoms with van der Waals surface area (Å²) in [5.41, 5.74) is 6.71. The van der Waals surface area contributed by atoms with Gasteiger partial charge in [0.05, 0.1) is 0 Å². The Bertz CT molecular complexity index is 1170. The number of carbonyl (C=O) groups excluding carboxylic acids is 3. The van der Waals surface area contributed by atoms with Gasteiger partial charge in [0.15, 0.2) is 5.11 Å². The molecule has 0 bridgehead atoms. The summed E-state index contributed by atoms with van der Waals surface area (Å²) < 4.78 is 0. The molecule has 8 heteroatoms. The van der Waals surface area contributed by atoms with Crippen LogP contribution in [0.15, 0.2) is 78.9 Å². The maximum Gasteiger partial charge on any atom is 0.250 e. The Morgan fingerprint density at radius 2 is 1.48 bits per heavy atom. The molecule has 0 saturated carbocycles. The van der Waals surface area contributed by atoms with E-state index in [1.165, 1.54) is 6.08 Å². The number of benzene rings is 3. The second-order valence-electron chi connectivity index (χ2n) is 7.16. The fraction of sp³-hybridized carbons (Fsp3) is 0.120. The summed E-state index contributed by atoms with van der Waals surface area (Å²) in [7, 11) is 0. The number of amides is 3. The van der Waals surface area contributed by atoms with Crippen molar-refractivity contribution in [3.05, 3.63) is 90.0 Å². The third kappa shape index (κ3) is 7.86. The quantitative estimate of drug-likeness (QED) is 0.247. The third-order valence-electron chi connectivity index (χ3n) is 4.70. The first-order valence-electron chi connectivity index (χ1n) is 10.4. The van der Waals surface area contributed by atoms with Crippen LogP contribution in [-0.2, 0) is 20.9 Å². The van der Waals surface area contributed by atoms with E-state index in [-0.39, 0.29) is 23.9 Å². The molecule has 0 aliphatic heterocycles. The minimum Gasteiger partial charge on any atom is -0.352 e. The Morgan fingerprint density at radius 1 is 0.788 bits per heavy atom. The number of carbonyl (C=O) groups is 3. The van der Waals surface area contributed by atoms with E-state index in [4.69, 9.17) is 12.2 Å². The molecule has 3 amide bonds. The topological polar surface area (TPSA) is 99.3 Å². The first kappa shape index (κ1) is 23.6. The Morgan fingerprint density at radius 3 is 2.30 bits per heavy atom. The monoisotopic (exact) mass is 460 g/mol. The van der Waals surface area contributed by atoms with Gasteiger partial charge < -0.3 is 5.32 Å². The van der Waals surface area contributed by atoms with Crippen LogP contribution in [0.3, 0.4) is 0 Å². The Hall–Kier alpha value is -4.04. The molecule has 0 unspecified atom stereocenters. The van der Waals surface area contributed by atoms with Crippen molar-refractivity contribution in [3.8, 4) is 0 Å². The molecule has 0 atom stereocenters. The molecule has 3 rings (SSSR count). The summed E-state index contributed by atoms with van der Waals surface area (Å²) in [6.07, 6.45) is 3.08. The van der Waals surface area contributed by atoms with Crippen LogP contribution in [0.2, 0.25) is 0 Å². The predicted octanol–water partition coefficient (Wildman–Crippen LogP) is 2.97. The number of nitrogens with one attached hydrogen (secondary N) is 4. The molecule has 3 aromatic rings. The minimum absolute atomic E-state index is 0.0227. The maximum absolute atomic E-state index is 12.1. The standard InChI is InChI=1S/C25H24N4O3S/c30-22(26-17-18-7-2-1-3-8-18)15-16-24(32)28-29-25(33)27-23(31)14-13-20-11-6-10-19-9-4-5-12-21(19)20/h1-14H,15-17H2,(H,26,30)(H,28,32)(H2,27,29,31,33)/b14-13+. The average molecular weight is 461 g/mol. The van der Waals surface area contributed by atoms with Crippen LogP contribution >= 0.6 is 12.2 Å². The zero-order valence-electron chi connectivity index (χ0n) is 17.8. The third-order valence-corrected chi connectivity index (χ3v) is 4.91. The average Bonchev–Trinajstić information content (AvgIpc) is 2.84. The normalized spacial score (nSPS) is 10.5. The number of thiocarbonyl (C=S) groups is 1. The van der Waals surface area contributed by atoms with Gasteiger partial charge >= 0.3 is 0 Å². The largest absolute Gasteiger partial charge is 0.352 e. The van der Waals surface area contributed by atoms with Gasteiger partial charge in [-0.25, -0.2) is 0 Å². The molecule has 0 aromatic heterocycles. The Balaban J connectivity index is 1.36. The van der Waals surface area contributed by atoms with Crippen LogP contribution in [0.4, 0.5) is 0 Å². The molecule has 4 N–H and O–H groups in total. The van der Waals surface area contributed by atoms with Gasteiger partial charge in [-0.05, 0) is 40.2 Å². The fourth-order valence-electron chi connectivity index (χ4n) is 3.05. The van der Waals surface area contributed by atoms with Crippen LogP contribution in [0.5, 0.6) is 0 Å². The van der Waals surface area contributed by atoms with E-state index >= 15 is 0 Å². The molecule has 0 saturated heterocycles. The van der Waals surface area contributed by atoms with E-state index in [9.17, 15) is 14.4 Å². The summed E-state index contributed by atoms with van der Waals surface area (Å²) in [6.45, 7) is 0.405. The van der Waals surface area contributed by atoms with Crippen molar-refractivity contribution in [2.75, 3.05) is 0 Å². The van der Waals surface area contributed by atoms with E-state index in [1.807, 2.05) is 72.8 Å². The molecule has 0 spiro atoms. The second-order valence-corrected chi connectivity index (χ2v) is 7.56. The highest BCUT2D eigenvalue weighted by atomic mass is 32.1. The molecule has 0 heterocycles. The van der Waals surface area contributed by atoms with Gasteiger partial charge in [0.1, 0.15) is 0 Å². The highest BCUT2D eigenvalue weighted by Gasteiger charge is 2.08. The number of fused-ring (bicyclic) bond motifs is 1. The van der Waals surface area contributed by atoms with Gasteiger partial charge in [0.2, 0.25) is 17.7 Å². The van der Waals surface area contributed by atoms with Crippen molar-refractivity contribution in [3.63, 3.8) is 0 Å². The molecule has 7 nitrogen and oxygen atoms in total. The van der Waals surface area contributed by atoms with Crippen LogP contribution in [0, 0.1) is 0 Å². The zero-order chi connectivity index (χ0) is 23.5. The van der Waals surface area contributed by atoms with Crippen molar-refractivity contribution in [2.24, 2.45) is 0 Å². The van der Waals surface area contributed by atoms with E-state index in [0.29, 0.717) is 6.54 Å². The summed E-state index contributed by atoms with van der Waals surface area (Å²) in [5, 5.41) is 7.27. The predicted molar refractivity (Wildman–Crippen MR) is 133 cm³/mol. The minimum atomic E-state index is -0.435. The number of hydrazine groups is 1. The van der Waals surface area contributed by atoms with Gasteiger partial charge in [0.25, 0.3) is 0 Å². The van der Waals surface area contributed by atoms with Gasteiger partial charge in [-0.3, -0.25) is 30.6 Å². The van der Waals surface area contributed by atoms with Gasteiger partial charge in [-0.2, -0.15) is 0 Å². The first-order chi connectivity index (χ1) is 16.0. The van der Waals surface area contributed by atoms with Crippen LogP contribution < -0.4 is 21.5 Å². The maximum atomic E-state index is 12.1. The molecular formula is C25H24N4O3S. The lowest BCUT2D eigenvalue weighted by Gasteiger charge is -2.10. The number of hydrogen-bond acceptors (Lipinski definition) is 4. The smallest absolute Gasteiger partial charge is 0.250 e. The lowest BCUT2D eigenvalue weighted by atomic mass is 10.0. The summed E-state index contributed by atoms with van der Waals surface area (Å²) in [6, 6.07) is 23.2. The molecule has 0 aliphatic rings. The summed E-state index contributed by atoms with van der Waals surface area (Å²) in [5.74, 6) is -1.09. The lowest BCUT2D eigenvalue weighted by Crippen LogP contribution is -2.48. The van der Waals surface area contributed by atoms with E-state index in [2.05, 4.69) is 21.5 Å². The van der Waals surface area contributed by atoms with E-state index < -0.39 is 11.8 Å². The molecule has 0 radical (unpaired) electrons. The lowest BCUT2D eigenvalue weighted by molar-refractivity contribution is -0.126. The van der Waals surface area contributed by atoms with Crippen LogP contribution in [-0.4, -0.2) is 22.8 Å². The summed E-state index contributed by atoms with van der Waals surface area (Å²) in [4.78, 5) is 35.9. The van der Waals surface area contributed by atoms with Crippen molar-refractivity contribution in [1.82, 2.24) is 21.5 Å². The summed E-state index contributed by atoms with van der Waals surface area (Å²) >= 11 is 5.02. The Kier molecular flexibility index (Phi) is 8.67. The highest BCUT2D eigenvalue weighted by Crippen LogP contribution is 2.19. The van der Waals surface area contributed by atoms with Crippen molar-refractivity contribution in [1.29, 1.82) is 0 Å². The van der Waals surface area contributed by atoms with Gasteiger partial charge in [-0.15, -0.1) is 0 Å².